The van der Waals surface area contributed by atoms with Crippen molar-refractivity contribution in [2.24, 2.45) is 0 Å². The topological polar surface area (TPSA) is 43.1 Å². The lowest BCUT2D eigenvalue weighted by molar-refractivity contribution is 0.540. The van der Waals surface area contributed by atoms with Gasteiger partial charge in [0.1, 0.15) is 5.82 Å². The van der Waals surface area contributed by atoms with Crippen LogP contribution in [0.2, 0.25) is 0 Å². The molecule has 0 aliphatic carbocycles. The van der Waals surface area contributed by atoms with Crippen LogP contribution in [0, 0.1) is 0 Å². The summed E-state index contributed by atoms with van der Waals surface area (Å²) in [6.07, 6.45) is 0. The van der Waals surface area contributed by atoms with Gasteiger partial charge in [0.2, 0.25) is 0 Å². The van der Waals surface area contributed by atoms with E-state index in [2.05, 4.69) is 70.2 Å². The van der Waals surface area contributed by atoms with Crippen LogP contribution in [0.1, 0.15) is 53.1 Å². The first kappa shape index (κ1) is 16.0. The number of para-hydroxylation sites is 2. The highest BCUT2D eigenvalue weighted by Crippen LogP contribution is 2.31. The molecule has 0 unspecified atom stereocenters. The molecule has 0 radical (unpaired) electrons. The summed E-state index contributed by atoms with van der Waals surface area (Å²) in [6.45, 7) is 13.1. The first-order chi connectivity index (χ1) is 11.7. The third-order valence-electron chi connectivity index (χ3n) is 4.54. The zero-order valence-electron chi connectivity index (χ0n) is 15.8. The van der Waals surface area contributed by atoms with Crippen molar-refractivity contribution in [2.45, 2.75) is 52.4 Å². The van der Waals surface area contributed by atoms with Crippen LogP contribution < -0.4 is 0 Å². The molecule has 0 aliphatic rings. The van der Waals surface area contributed by atoms with E-state index in [4.69, 9.17) is 15.0 Å². The van der Waals surface area contributed by atoms with Gasteiger partial charge in [-0.05, 0) is 24.3 Å². The zero-order valence-corrected chi connectivity index (χ0v) is 15.8. The van der Waals surface area contributed by atoms with Gasteiger partial charge in [-0.2, -0.15) is 0 Å². The number of nitrogens with zero attached hydrogens (tertiary/aromatic N) is 4. The van der Waals surface area contributed by atoms with Crippen molar-refractivity contribution in [3.63, 3.8) is 0 Å². The second-order valence-corrected chi connectivity index (χ2v) is 8.76. The average Bonchev–Trinajstić information content (AvgIpc) is 2.91. The lowest BCUT2D eigenvalue weighted by atomic mass is 9.91. The van der Waals surface area contributed by atoms with E-state index in [9.17, 15) is 0 Å². The maximum Gasteiger partial charge on any atom is 0.165 e. The fourth-order valence-corrected chi connectivity index (χ4v) is 3.20. The highest BCUT2D eigenvalue weighted by atomic mass is 15.1. The molecule has 1 aromatic carbocycles. The van der Waals surface area contributed by atoms with E-state index in [1.807, 2.05) is 12.1 Å². The molecule has 0 atom stereocenters. The van der Waals surface area contributed by atoms with Crippen molar-refractivity contribution < 1.29 is 0 Å². The SMILES string of the molecule is CC(C)(C)c1ccc2c(n1)nc(C(C)(C)C)n1c3ccccc3nc21. The highest BCUT2D eigenvalue weighted by molar-refractivity contribution is 5.95. The van der Waals surface area contributed by atoms with Crippen molar-refractivity contribution in [1.29, 1.82) is 0 Å². The van der Waals surface area contributed by atoms with Crippen LogP contribution in [-0.2, 0) is 10.8 Å². The monoisotopic (exact) mass is 332 g/mol. The van der Waals surface area contributed by atoms with E-state index in [0.717, 1.165) is 39.2 Å². The maximum absolute atomic E-state index is 4.98. The number of fused-ring (bicyclic) bond motifs is 5. The number of imidazole rings is 1. The second kappa shape index (κ2) is 5.01. The van der Waals surface area contributed by atoms with E-state index in [1.54, 1.807) is 0 Å². The number of hydrogen-bond donors (Lipinski definition) is 0. The molecule has 4 nitrogen and oxygen atoms in total. The Kier molecular flexibility index (Phi) is 3.21. The van der Waals surface area contributed by atoms with Crippen molar-refractivity contribution >= 4 is 27.7 Å². The highest BCUT2D eigenvalue weighted by Gasteiger charge is 2.24. The molecule has 3 aromatic heterocycles. The molecule has 0 bridgehead atoms. The molecule has 0 fully saturated rings. The molecular weight excluding hydrogens is 308 g/mol. The molecule has 3 heterocycles. The number of pyridine rings is 1. The van der Waals surface area contributed by atoms with E-state index in [0.29, 0.717) is 0 Å². The molecule has 4 aromatic rings. The molecule has 4 rings (SSSR count). The predicted octanol–water partition coefficient (Wildman–Crippen LogP) is 5.03. The molecule has 25 heavy (non-hydrogen) atoms. The zero-order chi connectivity index (χ0) is 18.0. The molecule has 0 amide bonds. The largest absolute Gasteiger partial charge is 0.279 e. The van der Waals surface area contributed by atoms with Gasteiger partial charge in [0.05, 0.1) is 16.4 Å². The van der Waals surface area contributed by atoms with Gasteiger partial charge >= 0.3 is 0 Å². The van der Waals surface area contributed by atoms with Crippen LogP contribution in [0.3, 0.4) is 0 Å². The van der Waals surface area contributed by atoms with Crippen LogP contribution in [0.25, 0.3) is 27.7 Å². The number of hydrogen-bond acceptors (Lipinski definition) is 3. The summed E-state index contributed by atoms with van der Waals surface area (Å²) in [5.74, 6) is 0.988. The predicted molar refractivity (Wildman–Crippen MR) is 103 cm³/mol. The van der Waals surface area contributed by atoms with Crippen LogP contribution in [-0.4, -0.2) is 19.4 Å². The Bertz CT molecular complexity index is 1110. The van der Waals surface area contributed by atoms with E-state index < -0.39 is 0 Å². The standard InChI is InChI=1S/C21H24N4/c1-20(2,3)16-12-11-13-17(23-16)24-19(21(4,5)6)25-15-10-8-7-9-14(15)22-18(13)25/h7-12H,1-6H3. The normalized spacial score (nSPS) is 13.2. The first-order valence-corrected chi connectivity index (χ1v) is 8.75. The van der Waals surface area contributed by atoms with Crippen molar-refractivity contribution in [1.82, 2.24) is 19.4 Å². The number of rotatable bonds is 0. The number of benzene rings is 1. The molecule has 0 saturated heterocycles. The maximum atomic E-state index is 4.98. The summed E-state index contributed by atoms with van der Waals surface area (Å²) < 4.78 is 2.19. The smallest absolute Gasteiger partial charge is 0.165 e. The lowest BCUT2D eigenvalue weighted by Crippen LogP contribution is -2.20. The van der Waals surface area contributed by atoms with Gasteiger partial charge in [0, 0.05) is 16.5 Å². The Labute approximate surface area is 147 Å². The summed E-state index contributed by atoms with van der Waals surface area (Å²) in [5, 5.41) is 0.997. The third-order valence-corrected chi connectivity index (χ3v) is 4.54. The van der Waals surface area contributed by atoms with Gasteiger partial charge in [-0.1, -0.05) is 53.7 Å². The minimum Gasteiger partial charge on any atom is -0.279 e. The quantitative estimate of drug-likeness (QED) is 0.454. The molecule has 0 saturated carbocycles. The van der Waals surface area contributed by atoms with Gasteiger partial charge in [0.25, 0.3) is 0 Å². The van der Waals surface area contributed by atoms with Gasteiger partial charge in [-0.3, -0.25) is 4.40 Å². The molecule has 0 aliphatic heterocycles. The minimum absolute atomic E-state index is 0.00989. The fourth-order valence-electron chi connectivity index (χ4n) is 3.20. The lowest BCUT2D eigenvalue weighted by Gasteiger charge is -2.22. The number of aromatic nitrogens is 4. The van der Waals surface area contributed by atoms with Crippen LogP contribution in [0.5, 0.6) is 0 Å². The van der Waals surface area contributed by atoms with Crippen LogP contribution in [0.15, 0.2) is 36.4 Å². The molecule has 128 valence electrons. The summed E-state index contributed by atoms with van der Waals surface area (Å²) in [4.78, 5) is 14.8. The first-order valence-electron chi connectivity index (χ1n) is 8.75. The van der Waals surface area contributed by atoms with Gasteiger partial charge in [-0.25, -0.2) is 15.0 Å². The van der Waals surface area contributed by atoms with E-state index in [1.165, 1.54) is 0 Å². The Balaban J connectivity index is 2.21. The van der Waals surface area contributed by atoms with Crippen molar-refractivity contribution in [2.75, 3.05) is 0 Å². The second-order valence-electron chi connectivity index (χ2n) is 8.76. The van der Waals surface area contributed by atoms with Gasteiger partial charge < -0.3 is 0 Å². The molecular formula is C21H24N4. The summed E-state index contributed by atoms with van der Waals surface area (Å²) in [7, 11) is 0. The Morgan fingerprint density at radius 3 is 2.16 bits per heavy atom. The van der Waals surface area contributed by atoms with E-state index >= 15 is 0 Å². The Morgan fingerprint density at radius 2 is 1.48 bits per heavy atom. The third kappa shape index (κ3) is 2.48. The minimum atomic E-state index is -0.116. The fraction of sp³-hybridized carbons (Fsp3) is 0.381. The molecule has 0 spiro atoms. The molecule has 0 N–H and O–H groups in total. The Hall–Kier alpha value is -2.49. The summed E-state index contributed by atoms with van der Waals surface area (Å²) in [6, 6.07) is 12.4. The summed E-state index contributed by atoms with van der Waals surface area (Å²) >= 11 is 0. The van der Waals surface area contributed by atoms with E-state index in [-0.39, 0.29) is 10.8 Å². The van der Waals surface area contributed by atoms with Gasteiger partial charge in [-0.15, -0.1) is 0 Å². The molecule has 4 heteroatoms. The van der Waals surface area contributed by atoms with Gasteiger partial charge in [0.15, 0.2) is 11.3 Å². The van der Waals surface area contributed by atoms with Crippen LogP contribution >= 0.6 is 0 Å². The van der Waals surface area contributed by atoms with Crippen LogP contribution in [0.4, 0.5) is 0 Å². The summed E-state index contributed by atoms with van der Waals surface area (Å²) in [5.41, 5.74) is 4.72. The Morgan fingerprint density at radius 1 is 0.760 bits per heavy atom. The van der Waals surface area contributed by atoms with Crippen molar-refractivity contribution in [3.05, 3.63) is 47.9 Å². The van der Waals surface area contributed by atoms with Crippen molar-refractivity contribution in [3.8, 4) is 0 Å². The average molecular weight is 332 g/mol.